The van der Waals surface area contributed by atoms with E-state index in [0.29, 0.717) is 0 Å². The number of rotatable bonds is 1. The number of hydrogen-bond acceptors (Lipinski definition) is 2. The van der Waals surface area contributed by atoms with Gasteiger partial charge in [0, 0.05) is 6.42 Å². The molecule has 0 aromatic heterocycles. The van der Waals surface area contributed by atoms with Crippen LogP contribution in [0.15, 0.2) is 24.0 Å². The third-order valence-electron chi connectivity index (χ3n) is 1.93. The summed E-state index contributed by atoms with van der Waals surface area (Å²) in [5.74, 6) is 0.238. The maximum Gasteiger partial charge on any atom is 0.410 e. The molecule has 2 nitrogen and oxygen atoms in total. The van der Waals surface area contributed by atoms with E-state index in [4.69, 9.17) is 10.5 Å². The van der Waals surface area contributed by atoms with Gasteiger partial charge in [0.05, 0.1) is 12.9 Å². The Kier molecular flexibility index (Phi) is 2.38. The molecule has 0 saturated carbocycles. The first kappa shape index (κ1) is 10.1. The van der Waals surface area contributed by atoms with Crippen LogP contribution in [0.25, 0.3) is 0 Å². The molecule has 1 unspecified atom stereocenters. The predicted molar refractivity (Wildman–Crippen MR) is 41.8 cm³/mol. The van der Waals surface area contributed by atoms with Gasteiger partial charge in [-0.2, -0.15) is 13.2 Å². The van der Waals surface area contributed by atoms with Gasteiger partial charge in [0.25, 0.3) is 0 Å². The van der Waals surface area contributed by atoms with E-state index in [-0.39, 0.29) is 12.2 Å². The van der Waals surface area contributed by atoms with Gasteiger partial charge >= 0.3 is 6.18 Å². The maximum absolute atomic E-state index is 12.4. The lowest BCUT2D eigenvalue weighted by molar-refractivity contribution is -0.173. The zero-order chi connectivity index (χ0) is 10.1. The summed E-state index contributed by atoms with van der Waals surface area (Å²) in [7, 11) is 1.32. The molecule has 0 bridgehead atoms. The number of allylic oxidation sites excluding steroid dienone is 2. The van der Waals surface area contributed by atoms with Crippen molar-refractivity contribution in [2.45, 2.75) is 18.1 Å². The van der Waals surface area contributed by atoms with E-state index in [1.54, 1.807) is 0 Å². The van der Waals surface area contributed by atoms with E-state index < -0.39 is 11.7 Å². The Hall–Kier alpha value is -0.970. The van der Waals surface area contributed by atoms with Gasteiger partial charge in [-0.15, -0.1) is 0 Å². The lowest BCUT2D eigenvalue weighted by Crippen LogP contribution is -2.52. The minimum absolute atomic E-state index is 0.238. The highest BCUT2D eigenvalue weighted by molar-refractivity contribution is 5.25. The molecule has 5 heteroatoms. The second-order valence-electron chi connectivity index (χ2n) is 2.91. The molecular weight excluding hydrogens is 183 g/mol. The zero-order valence-electron chi connectivity index (χ0n) is 7.06. The number of halogens is 3. The van der Waals surface area contributed by atoms with Crippen LogP contribution in [0.1, 0.15) is 6.42 Å². The van der Waals surface area contributed by atoms with Crippen LogP contribution in [0, 0.1) is 0 Å². The van der Waals surface area contributed by atoms with Crippen molar-refractivity contribution < 1.29 is 17.9 Å². The van der Waals surface area contributed by atoms with Crippen LogP contribution in [-0.4, -0.2) is 18.8 Å². The van der Waals surface area contributed by atoms with Crippen molar-refractivity contribution in [3.05, 3.63) is 24.0 Å². The second-order valence-corrected chi connectivity index (χ2v) is 2.91. The molecule has 13 heavy (non-hydrogen) atoms. The molecule has 0 heterocycles. The molecule has 0 aliphatic heterocycles. The number of methoxy groups -OCH3 is 1. The molecule has 1 aliphatic carbocycles. The molecule has 0 saturated heterocycles. The quantitative estimate of drug-likeness (QED) is 0.688. The Morgan fingerprint density at radius 3 is 2.62 bits per heavy atom. The van der Waals surface area contributed by atoms with Gasteiger partial charge in [0.15, 0.2) is 0 Å². The van der Waals surface area contributed by atoms with Crippen molar-refractivity contribution in [1.29, 1.82) is 0 Å². The molecule has 0 radical (unpaired) electrons. The minimum atomic E-state index is -4.44. The lowest BCUT2D eigenvalue weighted by atomic mass is 9.91. The molecule has 74 valence electrons. The Labute approximate surface area is 73.9 Å². The normalized spacial score (nSPS) is 28.5. The summed E-state index contributed by atoms with van der Waals surface area (Å²) >= 11 is 0. The lowest BCUT2D eigenvalue weighted by Gasteiger charge is -2.30. The Bertz CT molecular complexity index is 257. The summed E-state index contributed by atoms with van der Waals surface area (Å²) in [5, 5.41) is 0. The van der Waals surface area contributed by atoms with E-state index >= 15 is 0 Å². The first-order valence-electron chi connectivity index (χ1n) is 3.67. The highest BCUT2D eigenvalue weighted by Crippen LogP contribution is 2.36. The summed E-state index contributed by atoms with van der Waals surface area (Å²) in [5.41, 5.74) is 2.88. The van der Waals surface area contributed by atoms with Crippen LogP contribution < -0.4 is 5.73 Å². The third kappa shape index (κ3) is 1.85. The molecule has 0 aromatic carbocycles. The van der Waals surface area contributed by atoms with Crippen LogP contribution in [0.5, 0.6) is 0 Å². The van der Waals surface area contributed by atoms with E-state index in [2.05, 4.69) is 0 Å². The van der Waals surface area contributed by atoms with Gasteiger partial charge in [0.1, 0.15) is 5.54 Å². The van der Waals surface area contributed by atoms with Gasteiger partial charge in [-0.3, -0.25) is 0 Å². The SMILES string of the molecule is COC1=CC=CC(N)(C(F)(F)F)C1. The fraction of sp³-hybridized carbons (Fsp3) is 0.500. The molecule has 1 rings (SSSR count). The predicted octanol–water partition coefficient (Wildman–Crippen LogP) is 1.74. The van der Waals surface area contributed by atoms with Crippen LogP contribution in [-0.2, 0) is 4.74 Å². The van der Waals surface area contributed by atoms with Crippen LogP contribution >= 0.6 is 0 Å². The first-order valence-corrected chi connectivity index (χ1v) is 3.67. The average molecular weight is 193 g/mol. The summed E-state index contributed by atoms with van der Waals surface area (Å²) in [6.45, 7) is 0. The second kappa shape index (κ2) is 3.06. The van der Waals surface area contributed by atoms with Crippen molar-refractivity contribution in [2.24, 2.45) is 5.73 Å². The molecule has 0 aromatic rings. The summed E-state index contributed by atoms with van der Waals surface area (Å²) in [6, 6.07) is 0. The molecular formula is C8H10F3NO. The van der Waals surface area contributed by atoms with Gasteiger partial charge < -0.3 is 10.5 Å². The van der Waals surface area contributed by atoms with E-state index in [1.165, 1.54) is 19.3 Å². The molecule has 0 spiro atoms. The Balaban J connectivity index is 2.87. The van der Waals surface area contributed by atoms with Crippen LogP contribution in [0.4, 0.5) is 13.2 Å². The van der Waals surface area contributed by atoms with Gasteiger partial charge in [-0.25, -0.2) is 0 Å². The fourth-order valence-corrected chi connectivity index (χ4v) is 1.07. The molecule has 1 atom stereocenters. The number of nitrogens with two attached hydrogens (primary N) is 1. The topological polar surface area (TPSA) is 35.2 Å². The van der Waals surface area contributed by atoms with Crippen molar-refractivity contribution in [3.63, 3.8) is 0 Å². The van der Waals surface area contributed by atoms with Crippen molar-refractivity contribution >= 4 is 0 Å². The van der Waals surface area contributed by atoms with E-state index in [9.17, 15) is 13.2 Å². The maximum atomic E-state index is 12.4. The van der Waals surface area contributed by atoms with Crippen LogP contribution in [0.2, 0.25) is 0 Å². The highest BCUT2D eigenvalue weighted by Gasteiger charge is 2.51. The minimum Gasteiger partial charge on any atom is -0.501 e. The molecule has 2 N–H and O–H groups in total. The monoisotopic (exact) mass is 193 g/mol. The van der Waals surface area contributed by atoms with Gasteiger partial charge in [0.2, 0.25) is 0 Å². The van der Waals surface area contributed by atoms with Crippen molar-refractivity contribution in [1.82, 2.24) is 0 Å². The third-order valence-corrected chi connectivity index (χ3v) is 1.93. The standard InChI is InChI=1S/C8H10F3NO/c1-13-6-3-2-4-7(12,5-6)8(9,10)11/h2-4H,5,12H2,1H3. The zero-order valence-corrected chi connectivity index (χ0v) is 7.06. The largest absolute Gasteiger partial charge is 0.501 e. The van der Waals surface area contributed by atoms with Crippen LogP contribution in [0.3, 0.4) is 0 Å². The average Bonchev–Trinajstić information content (AvgIpc) is 2.02. The molecule has 0 fully saturated rings. The molecule has 1 aliphatic rings. The fourth-order valence-electron chi connectivity index (χ4n) is 1.07. The summed E-state index contributed by atoms with van der Waals surface area (Å²) in [6.07, 6.45) is -1.12. The first-order chi connectivity index (χ1) is 5.89. The van der Waals surface area contributed by atoms with Gasteiger partial charge in [-0.05, 0) is 6.08 Å². The Morgan fingerprint density at radius 2 is 2.15 bits per heavy atom. The van der Waals surface area contributed by atoms with E-state index in [1.807, 2.05) is 0 Å². The smallest absolute Gasteiger partial charge is 0.410 e. The summed E-state index contributed by atoms with van der Waals surface area (Å²) in [4.78, 5) is 0. The van der Waals surface area contributed by atoms with Crippen molar-refractivity contribution in [2.75, 3.05) is 7.11 Å². The number of hydrogen-bond donors (Lipinski definition) is 1. The number of ether oxygens (including phenoxy) is 1. The molecule has 0 amide bonds. The number of alkyl halides is 3. The van der Waals surface area contributed by atoms with E-state index in [0.717, 1.165) is 6.08 Å². The van der Waals surface area contributed by atoms with Gasteiger partial charge in [-0.1, -0.05) is 12.2 Å². The van der Waals surface area contributed by atoms with Crippen molar-refractivity contribution in [3.8, 4) is 0 Å². The highest BCUT2D eigenvalue weighted by atomic mass is 19.4. The Morgan fingerprint density at radius 1 is 1.54 bits per heavy atom. The summed E-state index contributed by atoms with van der Waals surface area (Å²) < 4.78 is 41.8.